The van der Waals surface area contributed by atoms with Gasteiger partial charge in [-0.3, -0.25) is 9.69 Å². The summed E-state index contributed by atoms with van der Waals surface area (Å²) < 4.78 is 5.15. The Labute approximate surface area is 110 Å². The summed E-state index contributed by atoms with van der Waals surface area (Å²) in [5.41, 5.74) is 1.62. The van der Waals surface area contributed by atoms with Crippen LogP contribution in [0.5, 0.6) is 5.75 Å². The molecular formula is C13H15N3O3. The van der Waals surface area contributed by atoms with Crippen LogP contribution in [0.1, 0.15) is 6.42 Å². The number of anilines is 1. The summed E-state index contributed by atoms with van der Waals surface area (Å²) in [4.78, 5) is 21.0. The fourth-order valence-corrected chi connectivity index (χ4v) is 2.34. The zero-order chi connectivity index (χ0) is 13.4. The molecule has 100 valence electrons. The minimum absolute atomic E-state index is 0.00440. The maximum Gasteiger partial charge on any atom is 0.229 e. The van der Waals surface area contributed by atoms with Crippen LogP contribution in [0.15, 0.2) is 18.2 Å². The normalized spacial score (nSPS) is 19.4. The lowest BCUT2D eigenvalue weighted by Gasteiger charge is -2.11. The molecule has 1 atom stereocenters. The number of aromatic nitrogens is 2. The summed E-state index contributed by atoms with van der Waals surface area (Å²) >= 11 is 0. The Morgan fingerprint density at radius 1 is 1.58 bits per heavy atom. The first-order valence-electron chi connectivity index (χ1n) is 6.16. The van der Waals surface area contributed by atoms with Crippen LogP contribution in [-0.4, -0.2) is 41.2 Å². The van der Waals surface area contributed by atoms with E-state index in [1.807, 2.05) is 18.2 Å². The first kappa shape index (κ1) is 12.0. The van der Waals surface area contributed by atoms with Crippen molar-refractivity contribution in [2.45, 2.75) is 6.42 Å². The molecule has 1 aliphatic heterocycles. The molecule has 2 aromatic rings. The third-order valence-electron chi connectivity index (χ3n) is 3.40. The number of rotatable bonds is 3. The lowest BCUT2D eigenvalue weighted by Crippen LogP contribution is -2.25. The maximum absolute atomic E-state index is 11.9. The minimum Gasteiger partial charge on any atom is -0.497 e. The van der Waals surface area contributed by atoms with E-state index < -0.39 is 0 Å². The predicted molar refractivity (Wildman–Crippen MR) is 70.2 cm³/mol. The van der Waals surface area contributed by atoms with Gasteiger partial charge in [-0.15, -0.1) is 0 Å². The number of methoxy groups -OCH3 is 1. The third-order valence-corrected chi connectivity index (χ3v) is 3.40. The number of H-pyrrole nitrogens is 1. The number of aliphatic hydroxyl groups excluding tert-OH is 1. The summed E-state index contributed by atoms with van der Waals surface area (Å²) in [6.07, 6.45) is 0.372. The molecule has 1 aliphatic rings. The van der Waals surface area contributed by atoms with Crippen molar-refractivity contribution in [3.8, 4) is 5.75 Å². The Morgan fingerprint density at radius 3 is 3.11 bits per heavy atom. The number of fused-ring (bicyclic) bond motifs is 1. The van der Waals surface area contributed by atoms with Gasteiger partial charge >= 0.3 is 0 Å². The summed E-state index contributed by atoms with van der Waals surface area (Å²) in [7, 11) is 1.61. The lowest BCUT2D eigenvalue weighted by molar-refractivity contribution is -0.117. The van der Waals surface area contributed by atoms with Gasteiger partial charge in [0.15, 0.2) is 0 Å². The molecule has 19 heavy (non-hydrogen) atoms. The molecule has 0 spiro atoms. The highest BCUT2D eigenvalue weighted by Gasteiger charge is 2.31. The van der Waals surface area contributed by atoms with E-state index in [1.165, 1.54) is 0 Å². The predicted octanol–water partition coefficient (Wildman–Crippen LogP) is 0.917. The largest absolute Gasteiger partial charge is 0.497 e. The molecule has 0 bridgehead atoms. The van der Waals surface area contributed by atoms with E-state index in [9.17, 15) is 4.79 Å². The second-order valence-corrected chi connectivity index (χ2v) is 4.70. The maximum atomic E-state index is 11.9. The SMILES string of the molecule is COc1ccc2nc(N3CC(CO)CC3=O)[nH]c2c1. The fraction of sp³-hybridized carbons (Fsp3) is 0.385. The molecule has 6 nitrogen and oxygen atoms in total. The lowest BCUT2D eigenvalue weighted by atomic mass is 10.1. The number of hydrogen-bond donors (Lipinski definition) is 2. The molecule has 1 fully saturated rings. The summed E-state index contributed by atoms with van der Waals surface area (Å²) in [6.45, 7) is 0.530. The summed E-state index contributed by atoms with van der Waals surface area (Å²) in [5.74, 6) is 1.26. The number of nitrogens with one attached hydrogen (secondary N) is 1. The minimum atomic E-state index is -0.00919. The van der Waals surface area contributed by atoms with Crippen molar-refractivity contribution in [2.75, 3.05) is 25.2 Å². The van der Waals surface area contributed by atoms with Crippen LogP contribution in [0.2, 0.25) is 0 Å². The third kappa shape index (κ3) is 2.04. The van der Waals surface area contributed by atoms with Crippen LogP contribution in [0.4, 0.5) is 5.95 Å². The molecule has 0 aliphatic carbocycles. The summed E-state index contributed by atoms with van der Waals surface area (Å²) in [6, 6.07) is 5.52. The van der Waals surface area contributed by atoms with Gasteiger partial charge in [-0.2, -0.15) is 0 Å². The zero-order valence-corrected chi connectivity index (χ0v) is 10.6. The van der Waals surface area contributed by atoms with Crippen molar-refractivity contribution in [3.63, 3.8) is 0 Å². The number of nitrogens with zero attached hydrogens (tertiary/aromatic N) is 2. The van der Waals surface area contributed by atoms with Gasteiger partial charge in [0.2, 0.25) is 11.9 Å². The van der Waals surface area contributed by atoms with Gasteiger partial charge in [0, 0.05) is 31.6 Å². The van der Waals surface area contributed by atoms with E-state index in [0.29, 0.717) is 18.9 Å². The van der Waals surface area contributed by atoms with Crippen molar-refractivity contribution in [3.05, 3.63) is 18.2 Å². The molecular weight excluding hydrogens is 246 g/mol. The highest BCUT2D eigenvalue weighted by molar-refractivity contribution is 5.95. The van der Waals surface area contributed by atoms with Crippen LogP contribution < -0.4 is 9.64 Å². The number of amides is 1. The zero-order valence-electron chi connectivity index (χ0n) is 10.6. The molecule has 0 radical (unpaired) electrons. The molecule has 1 amide bonds. The fourth-order valence-electron chi connectivity index (χ4n) is 2.34. The monoisotopic (exact) mass is 261 g/mol. The van der Waals surface area contributed by atoms with Gasteiger partial charge < -0.3 is 14.8 Å². The second-order valence-electron chi connectivity index (χ2n) is 4.70. The van der Waals surface area contributed by atoms with Crippen LogP contribution >= 0.6 is 0 Å². The highest BCUT2D eigenvalue weighted by Crippen LogP contribution is 2.26. The standard InChI is InChI=1S/C13H15N3O3/c1-19-9-2-3-10-11(5-9)15-13(14-10)16-6-8(7-17)4-12(16)18/h2-3,5,8,17H,4,6-7H2,1H3,(H,14,15). The first-order chi connectivity index (χ1) is 9.21. The first-order valence-corrected chi connectivity index (χ1v) is 6.16. The van der Waals surface area contributed by atoms with Gasteiger partial charge in [0.05, 0.1) is 18.1 Å². The molecule has 1 aromatic heterocycles. The number of carbonyl (C=O) groups is 1. The Kier molecular flexibility index (Phi) is 2.87. The Bertz CT molecular complexity index is 623. The van der Waals surface area contributed by atoms with Crippen molar-refractivity contribution in [2.24, 2.45) is 5.92 Å². The smallest absolute Gasteiger partial charge is 0.229 e. The quantitative estimate of drug-likeness (QED) is 0.861. The Hall–Kier alpha value is -2.08. The van der Waals surface area contributed by atoms with Gasteiger partial charge in [0.1, 0.15) is 5.75 Å². The van der Waals surface area contributed by atoms with E-state index in [2.05, 4.69) is 9.97 Å². The van der Waals surface area contributed by atoms with E-state index in [0.717, 1.165) is 16.8 Å². The van der Waals surface area contributed by atoms with Crippen molar-refractivity contribution in [1.82, 2.24) is 9.97 Å². The number of carbonyl (C=O) groups excluding carboxylic acids is 1. The van der Waals surface area contributed by atoms with Gasteiger partial charge in [0.25, 0.3) is 0 Å². The van der Waals surface area contributed by atoms with E-state index in [-0.39, 0.29) is 18.4 Å². The van der Waals surface area contributed by atoms with Gasteiger partial charge in [-0.05, 0) is 12.1 Å². The highest BCUT2D eigenvalue weighted by atomic mass is 16.5. The molecule has 1 saturated heterocycles. The molecule has 2 N–H and O–H groups in total. The number of imidazole rings is 1. The van der Waals surface area contributed by atoms with Crippen LogP contribution in [0.3, 0.4) is 0 Å². The van der Waals surface area contributed by atoms with E-state index >= 15 is 0 Å². The Balaban J connectivity index is 1.95. The average Bonchev–Trinajstić information content (AvgIpc) is 3.00. The Morgan fingerprint density at radius 2 is 2.42 bits per heavy atom. The van der Waals surface area contributed by atoms with Gasteiger partial charge in [-0.1, -0.05) is 0 Å². The number of ether oxygens (including phenoxy) is 1. The topological polar surface area (TPSA) is 78.5 Å². The summed E-state index contributed by atoms with van der Waals surface area (Å²) in [5, 5.41) is 9.13. The molecule has 6 heteroatoms. The molecule has 1 unspecified atom stereocenters. The van der Waals surface area contributed by atoms with Crippen LogP contribution in [0, 0.1) is 5.92 Å². The average molecular weight is 261 g/mol. The van der Waals surface area contributed by atoms with Crippen molar-refractivity contribution < 1.29 is 14.6 Å². The second kappa shape index (κ2) is 4.55. The number of aliphatic hydroxyl groups is 1. The van der Waals surface area contributed by atoms with Crippen LogP contribution in [-0.2, 0) is 4.79 Å². The van der Waals surface area contributed by atoms with E-state index in [1.54, 1.807) is 12.0 Å². The molecule has 3 rings (SSSR count). The number of aromatic amines is 1. The van der Waals surface area contributed by atoms with Crippen molar-refractivity contribution >= 4 is 22.9 Å². The molecule has 2 heterocycles. The molecule has 1 aromatic carbocycles. The number of hydrogen-bond acceptors (Lipinski definition) is 4. The molecule has 0 saturated carbocycles. The van der Waals surface area contributed by atoms with Gasteiger partial charge in [-0.25, -0.2) is 4.98 Å². The van der Waals surface area contributed by atoms with E-state index in [4.69, 9.17) is 9.84 Å². The number of benzene rings is 1. The van der Waals surface area contributed by atoms with Crippen LogP contribution in [0.25, 0.3) is 11.0 Å². The van der Waals surface area contributed by atoms with Crippen molar-refractivity contribution in [1.29, 1.82) is 0 Å².